The van der Waals surface area contributed by atoms with E-state index in [0.717, 1.165) is 85.1 Å². The van der Waals surface area contributed by atoms with Gasteiger partial charge < -0.3 is 35.4 Å². The number of phenols is 2. The lowest BCUT2D eigenvalue weighted by Gasteiger charge is -2.09. The summed E-state index contributed by atoms with van der Waals surface area (Å²) in [6.07, 6.45) is 7.61. The van der Waals surface area contributed by atoms with E-state index in [4.69, 9.17) is 25.0 Å². The van der Waals surface area contributed by atoms with Gasteiger partial charge in [-0.05, 0) is 73.9 Å². The highest BCUT2D eigenvalue weighted by molar-refractivity contribution is 5.93. The standard InChI is InChI=1S/C15H16N2O3.C8H9NO3.C7H9NO/c18-11-5-3-4-10(8-11)9-16-15(19)14-12-6-1-2-7-13(12)20-17-14;10-8(11)7-5-3-1-2-4-6(5)12-9-7;8-5-6-2-1-3-7(9)4-6/h3-5,8,18H,1-2,6-7,9H2,(H,16,19);1-4H2,(H,10,11);1-4,9H,5,8H2. The number of aryl methyl sites for hydroxylation is 2. The fraction of sp³-hybridized carbons (Fsp3) is 0.333. The maximum absolute atomic E-state index is 12.1. The van der Waals surface area contributed by atoms with Gasteiger partial charge >= 0.3 is 5.97 Å². The first-order chi connectivity index (χ1) is 19.9. The van der Waals surface area contributed by atoms with Crippen LogP contribution in [0.3, 0.4) is 0 Å². The van der Waals surface area contributed by atoms with Gasteiger partial charge in [0.2, 0.25) is 0 Å². The Kier molecular flexibility index (Phi) is 10.1. The van der Waals surface area contributed by atoms with Crippen LogP contribution >= 0.6 is 0 Å². The summed E-state index contributed by atoms with van der Waals surface area (Å²) in [5.74, 6) is 0.869. The Balaban J connectivity index is 0.000000156. The first kappa shape index (κ1) is 29.3. The summed E-state index contributed by atoms with van der Waals surface area (Å²) >= 11 is 0. The van der Waals surface area contributed by atoms with Crippen molar-refractivity contribution in [3.8, 4) is 11.5 Å². The van der Waals surface area contributed by atoms with Crippen LogP contribution in [0.4, 0.5) is 0 Å². The quantitative estimate of drug-likeness (QED) is 0.235. The van der Waals surface area contributed by atoms with E-state index < -0.39 is 5.97 Å². The molecule has 6 N–H and O–H groups in total. The third-order valence-corrected chi connectivity index (χ3v) is 6.83. The maximum atomic E-state index is 12.1. The number of fused-ring (bicyclic) bond motifs is 2. The van der Waals surface area contributed by atoms with Gasteiger partial charge in [-0.2, -0.15) is 0 Å². The van der Waals surface area contributed by atoms with Gasteiger partial charge in [-0.3, -0.25) is 4.79 Å². The fourth-order valence-electron chi connectivity index (χ4n) is 4.73. The largest absolute Gasteiger partial charge is 0.508 e. The fourth-order valence-corrected chi connectivity index (χ4v) is 4.73. The van der Waals surface area contributed by atoms with Gasteiger partial charge in [-0.15, -0.1) is 0 Å². The van der Waals surface area contributed by atoms with Gasteiger partial charge in [0.15, 0.2) is 11.4 Å². The zero-order chi connectivity index (χ0) is 29.2. The molecule has 0 bridgehead atoms. The number of carbonyl (C=O) groups is 2. The van der Waals surface area contributed by atoms with Crippen LogP contribution in [0.5, 0.6) is 11.5 Å². The van der Waals surface area contributed by atoms with Crippen LogP contribution in [-0.2, 0) is 38.8 Å². The molecular formula is C30H34N4O7. The number of benzene rings is 2. The third-order valence-electron chi connectivity index (χ3n) is 6.83. The Morgan fingerprint density at radius 1 is 0.780 bits per heavy atom. The lowest BCUT2D eigenvalue weighted by Crippen LogP contribution is -2.24. The number of aromatic carboxylic acids is 1. The summed E-state index contributed by atoms with van der Waals surface area (Å²) < 4.78 is 10.1. The van der Waals surface area contributed by atoms with E-state index >= 15 is 0 Å². The minimum atomic E-state index is -0.984. The minimum absolute atomic E-state index is 0.102. The number of nitrogens with one attached hydrogen (secondary N) is 1. The molecule has 0 aliphatic heterocycles. The maximum Gasteiger partial charge on any atom is 0.358 e. The summed E-state index contributed by atoms with van der Waals surface area (Å²) in [6, 6.07) is 13.7. The van der Waals surface area contributed by atoms with Crippen LogP contribution in [-0.4, -0.2) is 37.5 Å². The summed E-state index contributed by atoms with van der Waals surface area (Å²) in [7, 11) is 0. The number of phenolic OH excluding ortho intramolecular Hbond substituents is 2. The van der Waals surface area contributed by atoms with Crippen molar-refractivity contribution < 1.29 is 34.0 Å². The number of hydrogen-bond acceptors (Lipinski definition) is 9. The van der Waals surface area contributed by atoms with Gasteiger partial charge in [0.05, 0.1) is 0 Å². The molecule has 0 fully saturated rings. The molecule has 0 unspecified atom stereocenters. The number of carboxylic acids is 1. The molecular weight excluding hydrogens is 528 g/mol. The van der Waals surface area contributed by atoms with Crippen molar-refractivity contribution >= 4 is 11.9 Å². The van der Waals surface area contributed by atoms with Gasteiger partial charge in [0.1, 0.15) is 23.0 Å². The first-order valence-corrected chi connectivity index (χ1v) is 13.6. The highest BCUT2D eigenvalue weighted by atomic mass is 16.5. The topological polar surface area (TPSA) is 185 Å². The Labute approximate surface area is 237 Å². The van der Waals surface area contributed by atoms with E-state index in [9.17, 15) is 14.7 Å². The molecule has 2 heterocycles. The molecule has 2 aliphatic carbocycles. The summed E-state index contributed by atoms with van der Waals surface area (Å²) in [4.78, 5) is 22.8. The molecule has 2 aromatic heterocycles. The van der Waals surface area contributed by atoms with Crippen LogP contribution in [0.1, 0.15) is 80.4 Å². The molecule has 41 heavy (non-hydrogen) atoms. The molecule has 11 heteroatoms. The van der Waals surface area contributed by atoms with Crippen LogP contribution in [0.15, 0.2) is 57.6 Å². The van der Waals surface area contributed by atoms with E-state index in [1.54, 1.807) is 36.4 Å². The number of carboxylic acid groups (broad SMARTS) is 1. The third kappa shape index (κ3) is 7.95. The van der Waals surface area contributed by atoms with E-state index in [1.807, 2.05) is 12.1 Å². The van der Waals surface area contributed by atoms with Crippen molar-refractivity contribution in [1.82, 2.24) is 15.6 Å². The zero-order valence-electron chi connectivity index (χ0n) is 22.6. The summed E-state index contributed by atoms with van der Waals surface area (Å²) in [6.45, 7) is 0.837. The van der Waals surface area contributed by atoms with Gasteiger partial charge in [-0.1, -0.05) is 34.6 Å². The molecule has 0 atom stereocenters. The molecule has 216 valence electrons. The average Bonchev–Trinajstić information content (AvgIpc) is 3.62. The number of aromatic hydroxyl groups is 2. The SMILES string of the molecule is NCc1cccc(O)c1.O=C(NCc1cccc(O)c1)c1noc2c1CCCC2.O=C(O)c1noc2c1CCCC2. The number of nitrogens with zero attached hydrogens (tertiary/aromatic N) is 2. The molecule has 0 saturated heterocycles. The van der Waals surface area contributed by atoms with E-state index in [0.29, 0.717) is 18.8 Å². The smallest absolute Gasteiger partial charge is 0.358 e. The highest BCUT2D eigenvalue weighted by Gasteiger charge is 2.24. The summed E-state index contributed by atoms with van der Waals surface area (Å²) in [5, 5.41) is 37.2. The second-order valence-corrected chi connectivity index (χ2v) is 9.81. The van der Waals surface area contributed by atoms with Crippen LogP contribution in [0, 0.1) is 0 Å². The second kappa shape index (κ2) is 14.1. The molecule has 1 amide bonds. The normalized spacial score (nSPS) is 13.4. The number of amides is 1. The van der Waals surface area contributed by atoms with E-state index in [1.165, 1.54) is 0 Å². The molecule has 0 saturated carbocycles. The summed E-state index contributed by atoms with van der Waals surface area (Å²) in [5.41, 5.74) is 9.36. The number of nitrogens with two attached hydrogens (primary N) is 1. The predicted molar refractivity (Wildman–Crippen MR) is 149 cm³/mol. The second-order valence-electron chi connectivity index (χ2n) is 9.81. The van der Waals surface area contributed by atoms with Gasteiger partial charge in [0, 0.05) is 37.1 Å². The van der Waals surface area contributed by atoms with Crippen molar-refractivity contribution in [1.29, 1.82) is 0 Å². The van der Waals surface area contributed by atoms with Gasteiger partial charge in [0.25, 0.3) is 5.91 Å². The van der Waals surface area contributed by atoms with Crippen molar-refractivity contribution in [2.24, 2.45) is 5.73 Å². The Morgan fingerprint density at radius 3 is 1.83 bits per heavy atom. The molecule has 0 radical (unpaired) electrons. The van der Waals surface area contributed by atoms with E-state index in [2.05, 4.69) is 15.6 Å². The van der Waals surface area contributed by atoms with E-state index in [-0.39, 0.29) is 23.1 Å². The monoisotopic (exact) mass is 562 g/mol. The minimum Gasteiger partial charge on any atom is -0.508 e. The Morgan fingerprint density at radius 2 is 1.29 bits per heavy atom. The highest BCUT2D eigenvalue weighted by Crippen LogP contribution is 2.25. The first-order valence-electron chi connectivity index (χ1n) is 13.6. The number of rotatable bonds is 5. The number of carbonyl (C=O) groups excluding carboxylic acids is 1. The molecule has 6 rings (SSSR count). The zero-order valence-corrected chi connectivity index (χ0v) is 22.6. The van der Waals surface area contributed by atoms with Gasteiger partial charge in [-0.25, -0.2) is 4.79 Å². The molecule has 4 aromatic rings. The Hall–Kier alpha value is -4.64. The number of aromatic nitrogens is 2. The number of hydrogen-bond donors (Lipinski definition) is 5. The lowest BCUT2D eigenvalue weighted by atomic mass is 9.96. The van der Waals surface area contributed by atoms with Crippen molar-refractivity contribution in [3.63, 3.8) is 0 Å². The molecule has 2 aromatic carbocycles. The Bertz CT molecular complexity index is 1480. The van der Waals surface area contributed by atoms with Crippen molar-refractivity contribution in [2.45, 2.75) is 64.5 Å². The van der Waals surface area contributed by atoms with Crippen molar-refractivity contribution in [2.75, 3.05) is 0 Å². The van der Waals surface area contributed by atoms with Crippen LogP contribution < -0.4 is 11.1 Å². The lowest BCUT2D eigenvalue weighted by molar-refractivity contribution is 0.0684. The molecule has 0 spiro atoms. The average molecular weight is 563 g/mol. The predicted octanol–water partition coefficient (Wildman–Crippen LogP) is 4.29. The van der Waals surface area contributed by atoms with Crippen LogP contribution in [0.25, 0.3) is 0 Å². The van der Waals surface area contributed by atoms with Crippen molar-refractivity contribution in [3.05, 3.63) is 93.7 Å². The molecule has 2 aliphatic rings. The molecule has 11 nitrogen and oxygen atoms in total. The van der Waals surface area contributed by atoms with Crippen LogP contribution in [0.2, 0.25) is 0 Å².